The van der Waals surface area contributed by atoms with Crippen LogP contribution in [0.3, 0.4) is 0 Å². The van der Waals surface area contributed by atoms with Crippen molar-refractivity contribution in [2.24, 2.45) is 0 Å². The standard InChI is InChI=1S/C21H20F3N5O3/c22-15-8-14(9-16(23)19(15)24)29-20(31)17(26-21(29)32)10-18(30)28-6-4-27(5-7-28)12-13-2-1-3-25-11-13/h1-3,8-9,11,17H,4-7,10,12H2,(H,26,32)/t17-/m0/s1. The minimum atomic E-state index is -1.70. The smallest absolute Gasteiger partial charge is 0.329 e. The molecule has 0 radical (unpaired) electrons. The number of amides is 4. The average Bonchev–Trinajstić information content (AvgIpc) is 3.05. The van der Waals surface area contributed by atoms with Crippen LogP contribution < -0.4 is 10.2 Å². The zero-order valence-electron chi connectivity index (χ0n) is 16.9. The first kappa shape index (κ1) is 21.8. The molecule has 0 unspecified atom stereocenters. The van der Waals surface area contributed by atoms with Crippen molar-refractivity contribution in [3.63, 3.8) is 0 Å². The minimum absolute atomic E-state index is 0.282. The van der Waals surface area contributed by atoms with Crippen LogP contribution >= 0.6 is 0 Å². The Morgan fingerprint density at radius 2 is 1.78 bits per heavy atom. The predicted octanol–water partition coefficient (Wildman–Crippen LogP) is 1.66. The van der Waals surface area contributed by atoms with Crippen molar-refractivity contribution in [2.75, 3.05) is 31.1 Å². The second kappa shape index (κ2) is 8.95. The fourth-order valence-electron chi connectivity index (χ4n) is 3.79. The van der Waals surface area contributed by atoms with Gasteiger partial charge in [-0.3, -0.25) is 19.5 Å². The highest BCUT2D eigenvalue weighted by atomic mass is 19.2. The Bertz CT molecular complexity index is 1020. The number of hydrogen-bond donors (Lipinski definition) is 1. The van der Waals surface area contributed by atoms with Crippen LogP contribution in [0.25, 0.3) is 0 Å². The maximum atomic E-state index is 13.5. The summed E-state index contributed by atoms with van der Waals surface area (Å²) in [5, 5.41) is 2.35. The van der Waals surface area contributed by atoms with Crippen LogP contribution in [0, 0.1) is 17.5 Å². The highest BCUT2D eigenvalue weighted by Crippen LogP contribution is 2.25. The molecule has 2 aliphatic rings. The van der Waals surface area contributed by atoms with E-state index in [2.05, 4.69) is 15.2 Å². The van der Waals surface area contributed by atoms with Crippen LogP contribution in [-0.4, -0.2) is 64.9 Å². The number of carbonyl (C=O) groups excluding carboxylic acids is 3. The van der Waals surface area contributed by atoms with Gasteiger partial charge in [-0.15, -0.1) is 0 Å². The lowest BCUT2D eigenvalue weighted by Gasteiger charge is -2.35. The van der Waals surface area contributed by atoms with Gasteiger partial charge in [0.25, 0.3) is 5.91 Å². The van der Waals surface area contributed by atoms with Crippen molar-refractivity contribution in [1.82, 2.24) is 20.1 Å². The third-order valence-corrected chi connectivity index (χ3v) is 5.48. The van der Waals surface area contributed by atoms with Crippen molar-refractivity contribution >= 4 is 23.5 Å². The van der Waals surface area contributed by atoms with E-state index < -0.39 is 41.1 Å². The molecule has 1 aromatic carbocycles. The van der Waals surface area contributed by atoms with Gasteiger partial charge in [-0.2, -0.15) is 0 Å². The monoisotopic (exact) mass is 447 g/mol. The normalized spacial score (nSPS) is 19.4. The molecule has 4 amide bonds. The van der Waals surface area contributed by atoms with Crippen LogP contribution in [0.1, 0.15) is 12.0 Å². The molecule has 168 valence electrons. The van der Waals surface area contributed by atoms with E-state index >= 15 is 0 Å². The molecule has 0 saturated carbocycles. The number of rotatable bonds is 5. The van der Waals surface area contributed by atoms with E-state index in [9.17, 15) is 27.6 Å². The number of hydrogen-bond acceptors (Lipinski definition) is 5. The van der Waals surface area contributed by atoms with Gasteiger partial charge in [0.05, 0.1) is 12.1 Å². The molecule has 32 heavy (non-hydrogen) atoms. The molecule has 2 saturated heterocycles. The van der Waals surface area contributed by atoms with E-state index in [1.165, 1.54) is 0 Å². The van der Waals surface area contributed by atoms with Gasteiger partial charge in [-0.05, 0) is 11.6 Å². The van der Waals surface area contributed by atoms with Crippen molar-refractivity contribution in [3.05, 3.63) is 59.7 Å². The molecule has 2 aromatic rings. The first-order valence-electron chi connectivity index (χ1n) is 10.0. The van der Waals surface area contributed by atoms with Crippen molar-refractivity contribution < 1.29 is 27.6 Å². The zero-order valence-corrected chi connectivity index (χ0v) is 16.9. The number of pyridine rings is 1. The maximum absolute atomic E-state index is 13.5. The lowest BCUT2D eigenvalue weighted by Crippen LogP contribution is -2.49. The Morgan fingerprint density at radius 1 is 1.09 bits per heavy atom. The highest BCUT2D eigenvalue weighted by molar-refractivity contribution is 6.22. The number of urea groups is 1. The molecule has 2 fully saturated rings. The number of halogens is 3. The SMILES string of the molecule is O=C(C[C@@H]1NC(=O)N(c2cc(F)c(F)c(F)c2)C1=O)N1CCN(Cc2cccnc2)CC1. The summed E-state index contributed by atoms with van der Waals surface area (Å²) in [6.45, 7) is 2.93. The molecule has 1 aromatic heterocycles. The second-order valence-electron chi connectivity index (χ2n) is 7.62. The quantitative estimate of drug-likeness (QED) is 0.557. The van der Waals surface area contributed by atoms with Gasteiger partial charge in [0.1, 0.15) is 6.04 Å². The first-order chi connectivity index (χ1) is 15.3. The Kier molecular flexibility index (Phi) is 6.08. The van der Waals surface area contributed by atoms with E-state index in [-0.39, 0.29) is 12.3 Å². The number of nitrogens with zero attached hydrogens (tertiary/aromatic N) is 4. The summed E-state index contributed by atoms with van der Waals surface area (Å²) >= 11 is 0. The zero-order chi connectivity index (χ0) is 22.8. The number of carbonyl (C=O) groups is 3. The number of aromatic nitrogens is 1. The molecular weight excluding hydrogens is 427 g/mol. The molecule has 0 aliphatic carbocycles. The average molecular weight is 447 g/mol. The molecular formula is C21H20F3N5O3. The Morgan fingerprint density at radius 3 is 2.41 bits per heavy atom. The molecule has 4 rings (SSSR count). The third kappa shape index (κ3) is 4.42. The summed E-state index contributed by atoms with van der Waals surface area (Å²) in [4.78, 5) is 45.9. The maximum Gasteiger partial charge on any atom is 0.329 e. The molecule has 1 N–H and O–H groups in total. The Hall–Kier alpha value is -3.47. The summed E-state index contributed by atoms with van der Waals surface area (Å²) in [5.74, 6) is -5.89. The number of anilines is 1. The molecule has 11 heteroatoms. The van der Waals surface area contributed by atoms with Gasteiger partial charge in [-0.25, -0.2) is 22.9 Å². The molecule has 1 atom stereocenters. The summed E-state index contributed by atoms with van der Waals surface area (Å²) in [6.07, 6.45) is 3.21. The van der Waals surface area contributed by atoms with Crippen LogP contribution in [-0.2, 0) is 16.1 Å². The fourth-order valence-corrected chi connectivity index (χ4v) is 3.79. The van der Waals surface area contributed by atoms with E-state index in [0.29, 0.717) is 49.8 Å². The lowest BCUT2D eigenvalue weighted by molar-refractivity contribution is -0.135. The van der Waals surface area contributed by atoms with E-state index in [0.717, 1.165) is 5.56 Å². The largest absolute Gasteiger partial charge is 0.340 e. The predicted molar refractivity (Wildman–Crippen MR) is 107 cm³/mol. The van der Waals surface area contributed by atoms with Gasteiger partial charge in [0.2, 0.25) is 5.91 Å². The molecule has 0 spiro atoms. The Balaban J connectivity index is 1.34. The van der Waals surface area contributed by atoms with Gasteiger partial charge in [-0.1, -0.05) is 6.07 Å². The number of benzene rings is 1. The number of nitrogens with one attached hydrogen (secondary N) is 1. The summed E-state index contributed by atoms with van der Waals surface area (Å²) < 4.78 is 40.2. The number of imide groups is 1. The van der Waals surface area contributed by atoms with Crippen molar-refractivity contribution in [1.29, 1.82) is 0 Å². The molecule has 8 nitrogen and oxygen atoms in total. The lowest BCUT2D eigenvalue weighted by atomic mass is 10.1. The van der Waals surface area contributed by atoms with E-state index in [4.69, 9.17) is 0 Å². The first-order valence-corrected chi connectivity index (χ1v) is 10.0. The van der Waals surface area contributed by atoms with Crippen LogP contribution in [0.4, 0.5) is 23.7 Å². The summed E-state index contributed by atoms with van der Waals surface area (Å²) in [5.41, 5.74) is 0.628. The van der Waals surface area contributed by atoms with Gasteiger partial charge in [0.15, 0.2) is 17.5 Å². The van der Waals surface area contributed by atoms with Gasteiger partial charge >= 0.3 is 6.03 Å². The molecule has 2 aliphatic heterocycles. The third-order valence-electron chi connectivity index (χ3n) is 5.48. The number of piperazine rings is 1. The van der Waals surface area contributed by atoms with Crippen molar-refractivity contribution in [3.8, 4) is 0 Å². The second-order valence-corrected chi connectivity index (χ2v) is 7.62. The highest BCUT2D eigenvalue weighted by Gasteiger charge is 2.41. The summed E-state index contributed by atoms with van der Waals surface area (Å²) in [7, 11) is 0. The van der Waals surface area contributed by atoms with Crippen LogP contribution in [0.2, 0.25) is 0 Å². The fraction of sp³-hybridized carbons (Fsp3) is 0.333. The van der Waals surface area contributed by atoms with Crippen molar-refractivity contribution in [2.45, 2.75) is 19.0 Å². The van der Waals surface area contributed by atoms with E-state index in [1.807, 2.05) is 12.1 Å². The Labute approximate surface area is 181 Å². The molecule has 3 heterocycles. The van der Waals surface area contributed by atoms with E-state index in [1.54, 1.807) is 17.3 Å². The van der Waals surface area contributed by atoms with Gasteiger partial charge < -0.3 is 10.2 Å². The topological polar surface area (TPSA) is 85.8 Å². The summed E-state index contributed by atoms with van der Waals surface area (Å²) in [6, 6.07) is 2.85. The van der Waals surface area contributed by atoms with Gasteiger partial charge in [0, 0.05) is 57.3 Å². The molecule has 0 bridgehead atoms. The minimum Gasteiger partial charge on any atom is -0.340 e. The van der Waals surface area contributed by atoms with Crippen LogP contribution in [0.15, 0.2) is 36.7 Å². The van der Waals surface area contributed by atoms with Crippen LogP contribution in [0.5, 0.6) is 0 Å².